The van der Waals surface area contributed by atoms with Crippen LogP contribution in [-0.4, -0.2) is 0 Å². The number of hydrogen-bond donors (Lipinski definition) is 0. The van der Waals surface area contributed by atoms with E-state index in [4.69, 9.17) is 0 Å². The molecule has 0 unspecified atom stereocenters. The zero-order valence-corrected chi connectivity index (χ0v) is 28.6. The molecule has 0 radical (unpaired) electrons. The van der Waals surface area contributed by atoms with Gasteiger partial charge in [0.15, 0.2) is 0 Å². The third-order valence-electron chi connectivity index (χ3n) is 9.74. The predicted molar refractivity (Wildman–Crippen MR) is 156 cm³/mol. The summed E-state index contributed by atoms with van der Waals surface area (Å²) in [6.45, 7) is 13.6. The molecule has 4 saturated carbocycles. The zero-order chi connectivity index (χ0) is 25.3. The molecular formula is C36H44Cl2Zr. The Morgan fingerprint density at radius 2 is 1.15 bits per heavy atom. The molecule has 4 bridgehead atoms. The van der Waals surface area contributed by atoms with Gasteiger partial charge in [0.2, 0.25) is 0 Å². The van der Waals surface area contributed by atoms with E-state index in [-0.39, 0.29) is 61.8 Å². The second-order valence-electron chi connectivity index (χ2n) is 14.6. The van der Waals surface area contributed by atoms with Crippen molar-refractivity contribution in [3.63, 3.8) is 0 Å². The van der Waals surface area contributed by atoms with E-state index < -0.39 is 0 Å². The Kier molecular flexibility index (Phi) is 9.96. The third-order valence-corrected chi connectivity index (χ3v) is 9.74. The molecule has 3 aromatic rings. The van der Waals surface area contributed by atoms with Crippen molar-refractivity contribution >= 4 is 21.5 Å². The molecule has 206 valence electrons. The maximum Gasteiger partial charge on any atom is 4.00 e. The molecule has 5 aliphatic rings. The summed E-state index contributed by atoms with van der Waals surface area (Å²) in [4.78, 5) is 0. The predicted octanol–water partition coefficient (Wildman–Crippen LogP) is 4.20. The number of hydrogen-bond acceptors (Lipinski definition) is 0. The molecule has 0 heterocycles. The summed E-state index contributed by atoms with van der Waals surface area (Å²) in [5, 5.41) is 5.48. The number of allylic oxidation sites excluding steroid dienone is 4. The molecule has 0 amide bonds. The molecular weight excluding hydrogens is 595 g/mol. The van der Waals surface area contributed by atoms with Crippen molar-refractivity contribution in [1.82, 2.24) is 0 Å². The van der Waals surface area contributed by atoms with Crippen molar-refractivity contribution in [2.24, 2.45) is 23.2 Å². The van der Waals surface area contributed by atoms with Gasteiger partial charge < -0.3 is 24.8 Å². The number of rotatable bonds is 1. The van der Waals surface area contributed by atoms with Crippen molar-refractivity contribution in [2.45, 2.75) is 97.3 Å². The van der Waals surface area contributed by atoms with E-state index in [2.05, 4.69) is 102 Å². The van der Waals surface area contributed by atoms with Crippen molar-refractivity contribution < 1.29 is 51.0 Å². The summed E-state index contributed by atoms with van der Waals surface area (Å²) in [6, 6.07) is 16.2. The summed E-state index contributed by atoms with van der Waals surface area (Å²) in [7, 11) is 0. The van der Waals surface area contributed by atoms with Crippen LogP contribution in [0.2, 0.25) is 0 Å². The van der Waals surface area contributed by atoms with Gasteiger partial charge in [-0.2, -0.15) is 6.08 Å². The Labute approximate surface area is 268 Å². The summed E-state index contributed by atoms with van der Waals surface area (Å²) in [6.07, 6.45) is 18.5. The Bertz CT molecular complexity index is 1250. The number of halogens is 2. The fourth-order valence-corrected chi connectivity index (χ4v) is 8.16. The number of fused-ring (bicyclic) bond motifs is 3. The van der Waals surface area contributed by atoms with E-state index in [0.717, 1.165) is 24.2 Å². The quantitative estimate of drug-likeness (QED) is 0.351. The molecule has 0 aromatic heterocycles. The van der Waals surface area contributed by atoms with Gasteiger partial charge in [0, 0.05) is 0 Å². The van der Waals surface area contributed by atoms with Crippen molar-refractivity contribution in [1.29, 1.82) is 0 Å². The summed E-state index contributed by atoms with van der Waals surface area (Å²) in [5.74, 6) is 3.21. The molecule has 39 heavy (non-hydrogen) atoms. The topological polar surface area (TPSA) is 0 Å². The van der Waals surface area contributed by atoms with Crippen molar-refractivity contribution in [3.05, 3.63) is 77.4 Å². The fourth-order valence-electron chi connectivity index (χ4n) is 8.16. The smallest absolute Gasteiger partial charge is 1.00 e. The van der Waals surface area contributed by atoms with Crippen molar-refractivity contribution in [2.75, 3.05) is 0 Å². The van der Waals surface area contributed by atoms with E-state index in [1.54, 1.807) is 24.8 Å². The summed E-state index contributed by atoms with van der Waals surface area (Å²) >= 11 is 0. The average Bonchev–Trinajstić information content (AvgIpc) is 3.45. The first-order valence-electron chi connectivity index (χ1n) is 14.4. The Morgan fingerprint density at radius 3 is 1.51 bits per heavy atom. The molecule has 8 rings (SSSR count). The third kappa shape index (κ3) is 6.37. The van der Waals surface area contributed by atoms with Gasteiger partial charge in [-0.1, -0.05) is 76.9 Å². The summed E-state index contributed by atoms with van der Waals surface area (Å²) < 4.78 is 0. The SMILES string of the molecule is CC(C)(C)c1ccc2c(c1)[cH-]c1cc(C(C)(C)C)ccc12.[C-]1=C(C23CC4CC(CC(C4)C2)C3)C=CC1.[Cl-].[Cl-].[Zr+4]. The van der Waals surface area contributed by atoms with Gasteiger partial charge in [-0.15, -0.1) is 46.2 Å². The van der Waals surface area contributed by atoms with Crippen LogP contribution in [0.3, 0.4) is 0 Å². The van der Waals surface area contributed by atoms with Crippen molar-refractivity contribution in [3.8, 4) is 0 Å². The summed E-state index contributed by atoms with van der Waals surface area (Å²) in [5.41, 5.74) is 5.41. The van der Waals surface area contributed by atoms with Crippen LogP contribution in [0, 0.1) is 29.2 Å². The van der Waals surface area contributed by atoms with Crippen LogP contribution in [0.1, 0.15) is 97.6 Å². The Balaban J connectivity index is 0.000000208. The van der Waals surface area contributed by atoms with Crippen LogP contribution in [0.15, 0.2) is 60.2 Å². The van der Waals surface area contributed by atoms with E-state index in [9.17, 15) is 0 Å². The maximum absolute atomic E-state index is 3.62. The van der Waals surface area contributed by atoms with Gasteiger partial charge in [0.1, 0.15) is 0 Å². The molecule has 0 atom stereocenters. The van der Waals surface area contributed by atoms with Crippen LogP contribution in [0.5, 0.6) is 0 Å². The van der Waals surface area contributed by atoms with Crippen LogP contribution in [0.25, 0.3) is 21.5 Å². The molecule has 0 N–H and O–H groups in total. The van der Waals surface area contributed by atoms with Gasteiger partial charge in [0.25, 0.3) is 0 Å². The largest absolute Gasteiger partial charge is 4.00 e. The standard InChI is InChI=1S/C21H25.C15H19.2ClH.Zr/c1-20(2,3)16-7-9-18-14(12-16)11-15-13-17(21(4,5)6)8-10-19(15)18;1-2-4-14(3-1)15-8-11-5-12(9-15)7-13(6-11)10-15;;;/h7-13H,1-6H3;1,3,11-13H,2,5-10H2;2*1H;/q2*-1;;;+4/p-2. The minimum atomic E-state index is 0. The molecule has 0 spiro atoms. The van der Waals surface area contributed by atoms with Gasteiger partial charge in [-0.05, 0) is 72.5 Å². The molecule has 4 fully saturated rings. The molecule has 0 saturated heterocycles. The van der Waals surface area contributed by atoms with E-state index >= 15 is 0 Å². The Hall–Kier alpha value is -0.747. The molecule has 0 nitrogen and oxygen atoms in total. The zero-order valence-electron chi connectivity index (χ0n) is 24.6. The number of benzene rings is 2. The van der Waals surface area contributed by atoms with Crippen LogP contribution >= 0.6 is 0 Å². The monoisotopic (exact) mass is 636 g/mol. The minimum Gasteiger partial charge on any atom is -1.00 e. The van der Waals surface area contributed by atoms with E-state index in [1.165, 1.54) is 51.9 Å². The second-order valence-corrected chi connectivity index (χ2v) is 14.6. The fraction of sp³-hybridized carbons (Fsp3) is 0.528. The van der Waals surface area contributed by atoms with E-state index in [0.29, 0.717) is 5.41 Å². The normalized spacial score (nSPS) is 26.8. The molecule has 3 heteroatoms. The molecule has 5 aliphatic carbocycles. The first-order valence-corrected chi connectivity index (χ1v) is 14.4. The maximum atomic E-state index is 3.62. The first-order chi connectivity index (χ1) is 17.0. The minimum absolute atomic E-state index is 0. The second kappa shape index (κ2) is 11.9. The van der Waals surface area contributed by atoms with Gasteiger partial charge in [-0.25, -0.2) is 11.6 Å². The average molecular weight is 639 g/mol. The van der Waals surface area contributed by atoms with Gasteiger partial charge in [0.05, 0.1) is 0 Å². The Morgan fingerprint density at radius 1 is 0.718 bits per heavy atom. The van der Waals surface area contributed by atoms with Crippen LogP contribution in [0.4, 0.5) is 0 Å². The van der Waals surface area contributed by atoms with E-state index in [1.807, 2.05) is 0 Å². The van der Waals surface area contributed by atoms with Crippen LogP contribution in [-0.2, 0) is 37.0 Å². The van der Waals surface area contributed by atoms with Gasteiger partial charge >= 0.3 is 26.2 Å². The van der Waals surface area contributed by atoms with Gasteiger partial charge in [-0.3, -0.25) is 6.08 Å². The molecule has 3 aromatic carbocycles. The molecule has 0 aliphatic heterocycles. The van der Waals surface area contributed by atoms with Crippen LogP contribution < -0.4 is 24.8 Å². The first kappa shape index (κ1) is 32.8.